The van der Waals surface area contributed by atoms with Crippen molar-refractivity contribution in [1.29, 1.82) is 0 Å². The molecule has 5 aromatic rings. The van der Waals surface area contributed by atoms with Crippen LogP contribution in [0.4, 0.5) is 22.0 Å². The molecule has 0 aliphatic rings. The summed E-state index contributed by atoms with van der Waals surface area (Å²) < 4.78 is 0. The first-order valence-corrected chi connectivity index (χ1v) is 13.4. The summed E-state index contributed by atoms with van der Waals surface area (Å²) in [6.07, 6.45) is 0. The van der Waals surface area contributed by atoms with Gasteiger partial charge in [-0.15, -0.1) is 11.3 Å². The van der Waals surface area contributed by atoms with Crippen LogP contribution in [0.2, 0.25) is 5.02 Å². The molecule has 0 saturated carbocycles. The van der Waals surface area contributed by atoms with Crippen molar-refractivity contribution in [3.8, 4) is 10.4 Å². The van der Waals surface area contributed by atoms with Crippen molar-refractivity contribution in [2.24, 2.45) is 0 Å². The molecular formula is C29H25ClN6O2S. The van der Waals surface area contributed by atoms with Crippen LogP contribution in [0.5, 0.6) is 0 Å². The topological polar surface area (TPSA) is 108 Å². The zero-order chi connectivity index (χ0) is 27.2. The number of aromatic nitrogens is 2. The summed E-state index contributed by atoms with van der Waals surface area (Å²) in [5, 5.41) is 12.9. The average molecular weight is 557 g/mol. The normalized spacial score (nSPS) is 10.7. The lowest BCUT2D eigenvalue weighted by atomic mass is 10.2. The Bertz CT molecular complexity index is 1640. The van der Waals surface area contributed by atoms with Gasteiger partial charge in [-0.25, -0.2) is 14.8 Å². The van der Waals surface area contributed by atoms with Crippen LogP contribution in [-0.4, -0.2) is 28.5 Å². The van der Waals surface area contributed by atoms with E-state index in [9.17, 15) is 9.59 Å². The molecule has 2 heterocycles. The van der Waals surface area contributed by atoms with E-state index in [2.05, 4.69) is 43.4 Å². The number of anilines is 3. The third kappa shape index (κ3) is 6.70. The minimum absolute atomic E-state index is 0.0325. The van der Waals surface area contributed by atoms with Crippen LogP contribution in [0.15, 0.2) is 84.9 Å². The molecule has 4 N–H and O–H groups in total. The molecule has 2 aromatic heterocycles. The third-order valence-corrected chi connectivity index (χ3v) is 7.17. The first-order valence-electron chi connectivity index (χ1n) is 12.2. The lowest BCUT2D eigenvalue weighted by molar-refractivity contribution is -0.114. The Morgan fingerprint density at radius 1 is 0.897 bits per heavy atom. The molecule has 3 aromatic carbocycles. The highest BCUT2D eigenvalue weighted by Gasteiger charge is 2.13. The van der Waals surface area contributed by atoms with Crippen LogP contribution < -0.4 is 21.3 Å². The van der Waals surface area contributed by atoms with Gasteiger partial charge in [0, 0.05) is 17.1 Å². The maximum atomic E-state index is 12.7. The maximum Gasteiger partial charge on any atom is 0.319 e. The number of aryl methyl sites for hydroxylation is 1. The van der Waals surface area contributed by atoms with Gasteiger partial charge < -0.3 is 21.3 Å². The monoisotopic (exact) mass is 556 g/mol. The predicted molar refractivity (Wildman–Crippen MR) is 158 cm³/mol. The van der Waals surface area contributed by atoms with Crippen LogP contribution >= 0.6 is 22.9 Å². The number of amides is 3. The smallest absolute Gasteiger partial charge is 0.319 e. The maximum absolute atomic E-state index is 12.7. The van der Waals surface area contributed by atoms with Crippen LogP contribution in [0.25, 0.3) is 20.7 Å². The Morgan fingerprint density at radius 2 is 1.69 bits per heavy atom. The molecule has 10 heteroatoms. The molecule has 0 spiro atoms. The Labute approximate surface area is 234 Å². The fourth-order valence-corrected chi connectivity index (χ4v) is 5.21. The fraction of sp³-hybridized carbons (Fsp3) is 0.103. The van der Waals surface area contributed by atoms with Crippen LogP contribution in [0, 0.1) is 6.92 Å². The number of hydrogen-bond donors (Lipinski definition) is 4. The first-order chi connectivity index (χ1) is 18.9. The molecule has 196 valence electrons. The summed E-state index contributed by atoms with van der Waals surface area (Å²) in [6, 6.07) is 26.1. The van der Waals surface area contributed by atoms with Gasteiger partial charge in [0.05, 0.1) is 22.6 Å². The molecule has 0 unspecified atom stereocenters. The van der Waals surface area contributed by atoms with Crippen LogP contribution in [0.1, 0.15) is 11.4 Å². The number of carbonyl (C=O) groups excluding carboxylic acids is 2. The Morgan fingerprint density at radius 3 is 2.51 bits per heavy atom. The summed E-state index contributed by atoms with van der Waals surface area (Å²) in [6.45, 7) is 2.14. The highest BCUT2D eigenvalue weighted by atomic mass is 35.5. The SMILES string of the molecule is Cc1nc(NCC(=O)Nc2cccc(CNC(=O)Nc3ccccc3Cl)c2)c2cc(-c3ccccc3)sc2n1. The number of rotatable bonds is 8. The van der Waals surface area contributed by atoms with Crippen molar-refractivity contribution in [1.82, 2.24) is 15.3 Å². The molecule has 0 atom stereocenters. The van der Waals surface area contributed by atoms with E-state index in [1.165, 1.54) is 0 Å². The molecule has 3 amide bonds. The van der Waals surface area contributed by atoms with Crippen molar-refractivity contribution in [3.63, 3.8) is 0 Å². The van der Waals surface area contributed by atoms with E-state index in [0.29, 0.717) is 28.0 Å². The minimum atomic E-state index is -0.378. The van der Waals surface area contributed by atoms with Crippen molar-refractivity contribution in [3.05, 3.63) is 101 Å². The van der Waals surface area contributed by atoms with Crippen molar-refractivity contribution >= 4 is 62.3 Å². The molecular weight excluding hydrogens is 532 g/mol. The predicted octanol–water partition coefficient (Wildman–Crippen LogP) is 6.69. The lowest BCUT2D eigenvalue weighted by Crippen LogP contribution is -2.28. The Balaban J connectivity index is 1.18. The number of benzene rings is 3. The minimum Gasteiger partial charge on any atom is -0.360 e. The molecule has 8 nitrogen and oxygen atoms in total. The average Bonchev–Trinajstić information content (AvgIpc) is 3.37. The van der Waals surface area contributed by atoms with Gasteiger partial charge in [0.25, 0.3) is 0 Å². The standard InChI is InChI=1S/C29H25ClN6O2S/c1-18-33-27(22-15-25(39-28(22)34-18)20-9-3-2-4-10-20)31-17-26(37)35-21-11-7-8-19(14-21)16-32-29(38)36-24-13-6-5-12-23(24)30/h2-15H,16-17H2,1H3,(H,35,37)(H,31,33,34)(H2,32,36,38). The van der Waals surface area contributed by atoms with Gasteiger partial charge >= 0.3 is 6.03 Å². The van der Waals surface area contributed by atoms with Gasteiger partial charge in [0.1, 0.15) is 16.5 Å². The summed E-state index contributed by atoms with van der Waals surface area (Å²) >= 11 is 7.68. The van der Waals surface area contributed by atoms with Crippen molar-refractivity contribution in [2.75, 3.05) is 22.5 Å². The quantitative estimate of drug-likeness (QED) is 0.170. The lowest BCUT2D eigenvalue weighted by Gasteiger charge is -2.11. The van der Waals surface area contributed by atoms with Gasteiger partial charge in [-0.1, -0.05) is 66.2 Å². The summed E-state index contributed by atoms with van der Waals surface area (Å²) in [5.41, 5.74) is 3.09. The third-order valence-electron chi connectivity index (χ3n) is 5.77. The Hall–Kier alpha value is -4.47. The molecule has 0 aliphatic carbocycles. The van der Waals surface area contributed by atoms with Gasteiger partial charge in [0.2, 0.25) is 5.91 Å². The number of carbonyl (C=O) groups is 2. The van der Waals surface area contributed by atoms with Crippen LogP contribution in [0.3, 0.4) is 0 Å². The number of fused-ring (bicyclic) bond motifs is 1. The number of halogens is 1. The van der Waals surface area contributed by atoms with E-state index in [4.69, 9.17) is 11.6 Å². The molecule has 0 radical (unpaired) electrons. The van der Waals surface area contributed by atoms with Crippen molar-refractivity contribution in [2.45, 2.75) is 13.5 Å². The van der Waals surface area contributed by atoms with E-state index in [-0.39, 0.29) is 25.0 Å². The van der Waals surface area contributed by atoms with E-state index >= 15 is 0 Å². The second-order valence-corrected chi connectivity index (χ2v) is 10.1. The number of nitrogens with zero attached hydrogens (tertiary/aromatic N) is 2. The zero-order valence-corrected chi connectivity index (χ0v) is 22.6. The van der Waals surface area contributed by atoms with Gasteiger partial charge in [0.15, 0.2) is 0 Å². The van der Waals surface area contributed by atoms with E-state index in [1.807, 2.05) is 49.4 Å². The molecule has 5 rings (SSSR count). The first kappa shape index (κ1) is 26.1. The largest absolute Gasteiger partial charge is 0.360 e. The number of thiophene rings is 1. The van der Waals surface area contributed by atoms with E-state index in [0.717, 1.165) is 26.2 Å². The zero-order valence-electron chi connectivity index (χ0n) is 21.0. The fourth-order valence-electron chi connectivity index (χ4n) is 3.95. The second kappa shape index (κ2) is 11.9. The number of hydrogen-bond acceptors (Lipinski definition) is 6. The van der Waals surface area contributed by atoms with Gasteiger partial charge in [-0.2, -0.15) is 0 Å². The summed E-state index contributed by atoms with van der Waals surface area (Å²) in [7, 11) is 0. The van der Waals surface area contributed by atoms with E-state index in [1.54, 1.807) is 41.7 Å². The van der Waals surface area contributed by atoms with Gasteiger partial charge in [-0.05, 0) is 48.4 Å². The number of urea groups is 1. The molecule has 39 heavy (non-hydrogen) atoms. The van der Waals surface area contributed by atoms with E-state index < -0.39 is 0 Å². The number of nitrogens with one attached hydrogen (secondary N) is 4. The second-order valence-electron chi connectivity index (χ2n) is 8.70. The molecule has 0 saturated heterocycles. The van der Waals surface area contributed by atoms with Gasteiger partial charge in [-0.3, -0.25) is 4.79 Å². The Kier molecular flexibility index (Phi) is 8.00. The summed E-state index contributed by atoms with van der Waals surface area (Å²) in [5.74, 6) is 1.03. The number of para-hydroxylation sites is 1. The summed E-state index contributed by atoms with van der Waals surface area (Å²) in [4.78, 5) is 36.0. The highest BCUT2D eigenvalue weighted by Crippen LogP contribution is 2.35. The van der Waals surface area contributed by atoms with Crippen molar-refractivity contribution < 1.29 is 9.59 Å². The molecule has 0 bridgehead atoms. The highest BCUT2D eigenvalue weighted by molar-refractivity contribution is 7.21. The van der Waals surface area contributed by atoms with Crippen LogP contribution in [-0.2, 0) is 11.3 Å². The molecule has 0 aliphatic heterocycles. The molecule has 0 fully saturated rings.